The number of carbonyl (C=O) groups excluding carboxylic acids is 2. The summed E-state index contributed by atoms with van der Waals surface area (Å²) in [5.41, 5.74) is -0.623. The van der Waals surface area contributed by atoms with Gasteiger partial charge in [-0.25, -0.2) is 9.18 Å². The van der Waals surface area contributed by atoms with Crippen LogP contribution >= 0.6 is 0 Å². The Balaban J connectivity index is 1.63. The predicted octanol–water partition coefficient (Wildman–Crippen LogP) is 5.18. The van der Waals surface area contributed by atoms with Gasteiger partial charge in [-0.15, -0.1) is 0 Å². The minimum Gasteiger partial charge on any atom is -0.460 e. The van der Waals surface area contributed by atoms with E-state index in [2.05, 4.69) is 20.8 Å². The highest BCUT2D eigenvalue weighted by Crippen LogP contribution is 2.43. The zero-order valence-corrected chi connectivity index (χ0v) is 17.8. The average molecular weight is 405 g/mol. The topological polar surface area (TPSA) is 52.6 Å². The first-order valence-electron chi connectivity index (χ1n) is 10.9. The molecule has 3 atom stereocenters. The summed E-state index contributed by atoms with van der Waals surface area (Å²) >= 11 is 0. The number of esters is 2. The van der Waals surface area contributed by atoms with Crippen molar-refractivity contribution in [3.63, 3.8) is 0 Å². The lowest BCUT2D eigenvalue weighted by Gasteiger charge is -2.36. The molecule has 4 nitrogen and oxygen atoms in total. The zero-order chi connectivity index (χ0) is 21.0. The van der Waals surface area contributed by atoms with Gasteiger partial charge < -0.3 is 9.47 Å². The van der Waals surface area contributed by atoms with E-state index >= 15 is 0 Å². The number of halogens is 1. The molecule has 2 aliphatic carbocycles. The van der Waals surface area contributed by atoms with Crippen LogP contribution in [0.2, 0.25) is 0 Å². The molecule has 0 heterocycles. The van der Waals surface area contributed by atoms with E-state index in [9.17, 15) is 14.0 Å². The largest absolute Gasteiger partial charge is 0.460 e. The minimum absolute atomic E-state index is 0.128. The fraction of sp³-hybridized carbons (Fsp3) is 0.667. The summed E-state index contributed by atoms with van der Waals surface area (Å²) in [6.07, 6.45) is 5.67. The van der Waals surface area contributed by atoms with Crippen LogP contribution in [-0.4, -0.2) is 24.6 Å². The molecule has 0 aliphatic heterocycles. The van der Waals surface area contributed by atoms with Gasteiger partial charge in [0.2, 0.25) is 0 Å². The van der Waals surface area contributed by atoms with Crippen molar-refractivity contribution in [3.8, 4) is 0 Å². The summed E-state index contributed by atoms with van der Waals surface area (Å²) in [5, 5.41) is 0. The lowest BCUT2D eigenvalue weighted by atomic mass is 9.75. The molecule has 0 unspecified atom stereocenters. The van der Waals surface area contributed by atoms with Crippen molar-refractivity contribution in [2.45, 2.75) is 77.2 Å². The molecule has 3 rings (SSSR count). The van der Waals surface area contributed by atoms with Gasteiger partial charge in [0.25, 0.3) is 0 Å². The van der Waals surface area contributed by atoms with Crippen LogP contribution in [0.15, 0.2) is 24.3 Å². The first-order valence-corrected chi connectivity index (χ1v) is 10.9. The van der Waals surface area contributed by atoms with E-state index in [1.165, 1.54) is 6.07 Å². The molecule has 0 N–H and O–H groups in total. The Morgan fingerprint density at radius 2 is 1.86 bits per heavy atom. The lowest BCUT2D eigenvalue weighted by molar-refractivity contribution is -0.169. The van der Waals surface area contributed by atoms with E-state index in [1.807, 2.05) is 0 Å². The molecule has 0 aromatic heterocycles. The smallest absolute Gasteiger partial charge is 0.344 e. The maximum atomic E-state index is 14.4. The van der Waals surface area contributed by atoms with Gasteiger partial charge in [0.15, 0.2) is 6.61 Å². The Hall–Kier alpha value is -1.91. The second-order valence-corrected chi connectivity index (χ2v) is 9.20. The number of carbonyl (C=O) groups is 2. The molecule has 0 bridgehead atoms. The lowest BCUT2D eigenvalue weighted by Crippen LogP contribution is -2.39. The van der Waals surface area contributed by atoms with Gasteiger partial charge in [0.05, 0.1) is 5.41 Å². The summed E-state index contributed by atoms with van der Waals surface area (Å²) in [6, 6.07) is 6.36. The van der Waals surface area contributed by atoms with Crippen LogP contribution < -0.4 is 0 Å². The summed E-state index contributed by atoms with van der Waals surface area (Å²) in [6.45, 7) is 6.07. The molecule has 160 valence electrons. The molecule has 5 heteroatoms. The maximum Gasteiger partial charge on any atom is 0.344 e. The van der Waals surface area contributed by atoms with Gasteiger partial charge in [-0.05, 0) is 49.5 Å². The summed E-state index contributed by atoms with van der Waals surface area (Å²) in [4.78, 5) is 25.4. The van der Waals surface area contributed by atoms with Crippen molar-refractivity contribution < 1.29 is 23.5 Å². The van der Waals surface area contributed by atoms with Crippen molar-refractivity contribution in [2.75, 3.05) is 6.61 Å². The van der Waals surface area contributed by atoms with Gasteiger partial charge in [0.1, 0.15) is 11.9 Å². The molecular weight excluding hydrogens is 371 g/mol. The van der Waals surface area contributed by atoms with E-state index in [0.29, 0.717) is 36.2 Å². The van der Waals surface area contributed by atoms with Crippen LogP contribution in [0.4, 0.5) is 4.39 Å². The Labute approximate surface area is 173 Å². The molecule has 2 saturated carbocycles. The predicted molar refractivity (Wildman–Crippen MR) is 109 cm³/mol. The van der Waals surface area contributed by atoms with Crippen molar-refractivity contribution in [1.82, 2.24) is 0 Å². The van der Waals surface area contributed by atoms with Crippen molar-refractivity contribution >= 4 is 11.9 Å². The van der Waals surface area contributed by atoms with Crippen molar-refractivity contribution in [2.24, 2.45) is 17.8 Å². The Kier molecular flexibility index (Phi) is 6.97. The molecule has 29 heavy (non-hydrogen) atoms. The standard InChI is InChI=1S/C24H33FO4/c1-16(2)18-11-10-17(3)14-21(18)29-22(26)15-28-23(27)24(12-6-7-13-24)19-8-4-5-9-20(19)25/h4-5,8-9,16-18,21H,6-7,10-15H2,1-3H3/t17-,18+,21-/m1/s1. The van der Waals surface area contributed by atoms with Gasteiger partial charge in [0, 0.05) is 5.56 Å². The molecule has 1 aromatic carbocycles. The molecule has 1 aromatic rings. The van der Waals surface area contributed by atoms with E-state index in [0.717, 1.165) is 32.1 Å². The number of rotatable bonds is 6. The van der Waals surface area contributed by atoms with Crippen LogP contribution in [0.25, 0.3) is 0 Å². The van der Waals surface area contributed by atoms with E-state index in [4.69, 9.17) is 9.47 Å². The van der Waals surface area contributed by atoms with Gasteiger partial charge >= 0.3 is 11.9 Å². The van der Waals surface area contributed by atoms with E-state index in [-0.39, 0.29) is 6.10 Å². The highest BCUT2D eigenvalue weighted by Gasteiger charge is 2.46. The molecular formula is C24H33FO4. The van der Waals surface area contributed by atoms with Crippen LogP contribution in [0.3, 0.4) is 0 Å². The zero-order valence-electron chi connectivity index (χ0n) is 17.8. The summed E-state index contributed by atoms with van der Waals surface area (Å²) in [5.74, 6) is -0.131. The quantitative estimate of drug-likeness (QED) is 0.613. The molecule has 0 amide bonds. The second-order valence-electron chi connectivity index (χ2n) is 9.20. The third-order valence-corrected chi connectivity index (χ3v) is 6.80. The third-order valence-electron chi connectivity index (χ3n) is 6.80. The fourth-order valence-corrected chi connectivity index (χ4v) is 5.13. The fourth-order valence-electron chi connectivity index (χ4n) is 5.13. The first-order chi connectivity index (χ1) is 13.8. The maximum absolute atomic E-state index is 14.4. The number of ether oxygens (including phenoxy) is 2. The average Bonchev–Trinajstić information content (AvgIpc) is 3.17. The SMILES string of the molecule is CC(C)[C@@H]1CC[C@@H](C)C[C@H]1OC(=O)COC(=O)C1(c2ccccc2F)CCCC1. The summed E-state index contributed by atoms with van der Waals surface area (Å²) < 4.78 is 25.5. The van der Waals surface area contributed by atoms with Crippen LogP contribution in [0, 0.1) is 23.6 Å². The Morgan fingerprint density at radius 3 is 2.52 bits per heavy atom. The van der Waals surface area contributed by atoms with Crippen LogP contribution in [-0.2, 0) is 24.5 Å². The van der Waals surface area contributed by atoms with Crippen molar-refractivity contribution in [1.29, 1.82) is 0 Å². The monoisotopic (exact) mass is 404 g/mol. The summed E-state index contributed by atoms with van der Waals surface area (Å²) in [7, 11) is 0. The van der Waals surface area contributed by atoms with Crippen molar-refractivity contribution in [3.05, 3.63) is 35.6 Å². The normalized spacial score (nSPS) is 26.3. The highest BCUT2D eigenvalue weighted by atomic mass is 19.1. The first kappa shape index (κ1) is 21.8. The highest BCUT2D eigenvalue weighted by molar-refractivity contribution is 5.85. The van der Waals surface area contributed by atoms with E-state index in [1.54, 1.807) is 18.2 Å². The van der Waals surface area contributed by atoms with Crippen LogP contribution in [0.1, 0.15) is 71.3 Å². The molecule has 2 aliphatic rings. The number of hydrogen-bond donors (Lipinski definition) is 0. The molecule has 0 radical (unpaired) electrons. The molecule has 0 saturated heterocycles. The van der Waals surface area contributed by atoms with Crippen LogP contribution in [0.5, 0.6) is 0 Å². The van der Waals surface area contributed by atoms with E-state index < -0.39 is 29.8 Å². The van der Waals surface area contributed by atoms with Gasteiger partial charge in [-0.1, -0.05) is 58.2 Å². The van der Waals surface area contributed by atoms with Gasteiger partial charge in [-0.3, -0.25) is 4.79 Å². The Morgan fingerprint density at radius 1 is 1.17 bits per heavy atom. The van der Waals surface area contributed by atoms with Gasteiger partial charge in [-0.2, -0.15) is 0 Å². The minimum atomic E-state index is -0.995. The number of hydrogen-bond acceptors (Lipinski definition) is 4. The second kappa shape index (κ2) is 9.27. The molecule has 0 spiro atoms. The molecule has 2 fully saturated rings. The third kappa shape index (κ3) is 4.81. The Bertz CT molecular complexity index is 723. The number of benzene rings is 1.